The molecule has 12 rings (SSSR count). The van der Waals surface area contributed by atoms with Crippen molar-refractivity contribution in [3.63, 3.8) is 0 Å². The fourth-order valence-corrected chi connectivity index (χ4v) is 9.19. The molecule has 0 saturated carbocycles. The molecule has 0 radical (unpaired) electrons. The average Bonchev–Trinajstić information content (AvgIpc) is 3.96. The Morgan fingerprint density at radius 3 is 1.04 bits per heavy atom. The zero-order valence-electron chi connectivity index (χ0n) is 29.3. The summed E-state index contributed by atoms with van der Waals surface area (Å²) < 4.78 is 31.9. The number of rotatable bonds is 4. The molecule has 10 aromatic rings. The molecule has 4 heterocycles. The van der Waals surface area contributed by atoms with E-state index in [4.69, 9.17) is 27.0 Å². The maximum absolute atomic E-state index is 6.25. The minimum Gasteiger partial charge on any atom is -0.453 e. The van der Waals surface area contributed by atoms with Gasteiger partial charge >= 0.3 is 0 Å². The molecule has 2 aliphatic rings. The maximum atomic E-state index is 6.25. The van der Waals surface area contributed by atoms with Crippen molar-refractivity contribution in [2.24, 2.45) is 0 Å². The van der Waals surface area contributed by atoms with Gasteiger partial charge in [0, 0.05) is 33.3 Å². The quantitative estimate of drug-likeness (QED) is 0.176. The van der Waals surface area contributed by atoms with Crippen molar-refractivity contribution in [3.05, 3.63) is 158 Å². The van der Waals surface area contributed by atoms with Crippen LogP contribution in [-0.4, -0.2) is 17.5 Å². The molecule has 2 aromatic heterocycles. The zero-order valence-corrected chi connectivity index (χ0v) is 31.0. The Hall–Kier alpha value is -7.14. The Balaban J connectivity index is 0.948. The number of ether oxygens (including phenoxy) is 2. The summed E-state index contributed by atoms with van der Waals surface area (Å²) in [4.78, 5) is 4.49. The van der Waals surface area contributed by atoms with Gasteiger partial charge in [0.1, 0.15) is 22.1 Å². The molecule has 0 spiro atoms. The highest BCUT2D eigenvalue weighted by atomic mass is 32.1. The molecule has 0 N–H and O–H groups in total. The summed E-state index contributed by atoms with van der Waals surface area (Å²) in [5, 5.41) is 2.01. The van der Waals surface area contributed by atoms with Crippen LogP contribution in [0.4, 0.5) is 34.1 Å². The van der Waals surface area contributed by atoms with Crippen molar-refractivity contribution in [3.8, 4) is 45.3 Å². The fourth-order valence-electron chi connectivity index (χ4n) is 8.04. The van der Waals surface area contributed by atoms with Gasteiger partial charge in [0.05, 0.1) is 46.2 Å². The molecule has 0 aliphatic carbocycles. The number of fused-ring (bicyclic) bond motifs is 9. The highest BCUT2D eigenvalue weighted by molar-refractivity contribution is 7.00. The van der Waals surface area contributed by atoms with Crippen LogP contribution >= 0.6 is 23.5 Å². The molecule has 10 heteroatoms. The third-order valence-corrected chi connectivity index (χ3v) is 11.7. The summed E-state index contributed by atoms with van der Waals surface area (Å²) in [7, 11) is 0. The Kier molecular flexibility index (Phi) is 6.80. The van der Waals surface area contributed by atoms with E-state index in [0.29, 0.717) is 0 Å². The topological polar surface area (TPSA) is 76.5 Å². The lowest BCUT2D eigenvalue weighted by molar-refractivity contribution is 0.477. The van der Waals surface area contributed by atoms with E-state index in [1.54, 1.807) is 0 Å². The van der Waals surface area contributed by atoms with Crippen LogP contribution in [0.15, 0.2) is 158 Å². The molecule has 0 bridgehead atoms. The van der Waals surface area contributed by atoms with Gasteiger partial charge in [-0.3, -0.25) is 0 Å². The number of para-hydroxylation sites is 8. The van der Waals surface area contributed by atoms with E-state index < -0.39 is 0 Å². The van der Waals surface area contributed by atoms with Gasteiger partial charge in [-0.15, -0.1) is 0 Å². The highest BCUT2D eigenvalue weighted by Crippen LogP contribution is 2.52. The van der Waals surface area contributed by atoms with Crippen LogP contribution in [0.5, 0.6) is 23.0 Å². The third kappa shape index (κ3) is 4.70. The summed E-state index contributed by atoms with van der Waals surface area (Å²) in [5.41, 5.74) is 13.6. The van der Waals surface area contributed by atoms with Gasteiger partial charge in [-0.05, 0) is 96.1 Å². The summed E-state index contributed by atoms with van der Waals surface area (Å²) in [6.45, 7) is 0. The summed E-state index contributed by atoms with van der Waals surface area (Å²) >= 11 is 2.46. The van der Waals surface area contributed by atoms with Gasteiger partial charge in [-0.1, -0.05) is 72.8 Å². The highest BCUT2D eigenvalue weighted by Gasteiger charge is 2.27. The second kappa shape index (κ2) is 12.2. The van der Waals surface area contributed by atoms with Gasteiger partial charge < -0.3 is 19.3 Å². The van der Waals surface area contributed by atoms with E-state index in [0.717, 1.165) is 112 Å². The second-order valence-corrected chi connectivity index (χ2v) is 14.8. The van der Waals surface area contributed by atoms with Crippen molar-refractivity contribution >= 4 is 90.4 Å². The van der Waals surface area contributed by atoms with Gasteiger partial charge in [-0.25, -0.2) is 0 Å². The lowest BCUT2D eigenvalue weighted by atomic mass is 9.94. The van der Waals surface area contributed by atoms with E-state index in [9.17, 15) is 0 Å². The Morgan fingerprint density at radius 1 is 0.357 bits per heavy atom. The molecular formula is C46H26N6O2S2. The standard InChI is InChI=1S/C46H26N6O2S2/c1-5-13-39-35(9-1)51(36-10-2-6-14-40(36)53-39)29-21-17-27(18-22-29)31-25-33-34(45-43(31)47-55-49-45)26-32(44-46(33)50-56-48-44)28-19-23-30(24-20-28)52-37-11-3-7-15-41(37)54-42-16-8-4-12-38(42)52/h1-26H. The van der Waals surface area contributed by atoms with Crippen LogP contribution in [-0.2, 0) is 0 Å². The minimum absolute atomic E-state index is 0.824. The van der Waals surface area contributed by atoms with Crippen molar-refractivity contribution in [2.45, 2.75) is 0 Å². The van der Waals surface area contributed by atoms with Crippen molar-refractivity contribution in [1.29, 1.82) is 0 Å². The second-order valence-electron chi connectivity index (χ2n) is 13.7. The summed E-state index contributed by atoms with van der Waals surface area (Å²) in [5.74, 6) is 3.30. The number of benzene rings is 8. The molecular weight excluding hydrogens is 733 g/mol. The summed E-state index contributed by atoms with van der Waals surface area (Å²) in [6.07, 6.45) is 0. The van der Waals surface area contributed by atoms with Crippen LogP contribution in [0, 0.1) is 0 Å². The number of anilines is 6. The molecule has 8 aromatic carbocycles. The number of nitrogens with zero attached hydrogens (tertiary/aromatic N) is 6. The van der Waals surface area contributed by atoms with E-state index in [2.05, 4.69) is 94.7 Å². The Labute approximate surface area is 328 Å². The van der Waals surface area contributed by atoms with Crippen LogP contribution in [0.2, 0.25) is 0 Å². The first-order valence-electron chi connectivity index (χ1n) is 18.1. The van der Waals surface area contributed by atoms with Crippen LogP contribution < -0.4 is 19.3 Å². The fraction of sp³-hybridized carbons (Fsp3) is 0. The largest absolute Gasteiger partial charge is 0.453 e. The van der Waals surface area contributed by atoms with E-state index in [1.165, 1.54) is 23.5 Å². The minimum atomic E-state index is 0.824. The van der Waals surface area contributed by atoms with E-state index >= 15 is 0 Å². The van der Waals surface area contributed by atoms with Crippen molar-refractivity contribution < 1.29 is 9.47 Å². The first-order valence-corrected chi connectivity index (χ1v) is 19.6. The van der Waals surface area contributed by atoms with E-state index in [-0.39, 0.29) is 0 Å². The molecule has 2 aliphatic heterocycles. The smallest absolute Gasteiger partial charge is 0.151 e. The van der Waals surface area contributed by atoms with Crippen LogP contribution in [0.3, 0.4) is 0 Å². The van der Waals surface area contributed by atoms with Gasteiger partial charge in [0.25, 0.3) is 0 Å². The monoisotopic (exact) mass is 758 g/mol. The molecule has 264 valence electrons. The van der Waals surface area contributed by atoms with Crippen LogP contribution in [0.1, 0.15) is 0 Å². The predicted octanol–water partition coefficient (Wildman–Crippen LogP) is 13.3. The molecule has 0 atom stereocenters. The predicted molar refractivity (Wildman–Crippen MR) is 226 cm³/mol. The molecule has 0 saturated heterocycles. The van der Waals surface area contributed by atoms with Crippen LogP contribution in [0.25, 0.3) is 55.1 Å². The molecule has 8 nitrogen and oxygen atoms in total. The van der Waals surface area contributed by atoms with E-state index in [1.807, 2.05) is 72.8 Å². The number of aromatic nitrogens is 4. The average molecular weight is 759 g/mol. The third-order valence-electron chi connectivity index (χ3n) is 10.6. The van der Waals surface area contributed by atoms with Gasteiger partial charge in [0.15, 0.2) is 23.0 Å². The lowest BCUT2D eigenvalue weighted by Crippen LogP contribution is -2.15. The van der Waals surface area contributed by atoms with Crippen molar-refractivity contribution in [2.75, 3.05) is 9.80 Å². The first kappa shape index (κ1) is 31.2. The lowest BCUT2D eigenvalue weighted by Gasteiger charge is -2.32. The molecule has 0 fully saturated rings. The molecule has 0 amide bonds. The molecule has 0 unspecified atom stereocenters. The van der Waals surface area contributed by atoms with Gasteiger partial charge in [-0.2, -0.15) is 17.5 Å². The summed E-state index contributed by atoms with van der Waals surface area (Å²) in [6, 6.07) is 54.2. The maximum Gasteiger partial charge on any atom is 0.151 e. The number of hydrogen-bond acceptors (Lipinski definition) is 10. The Morgan fingerprint density at radius 2 is 0.679 bits per heavy atom. The SMILES string of the molecule is c1ccc2c(c1)Oc1ccccc1N2c1ccc(-c2cc3c(cc(-c4ccc(N5c6ccccc6Oc6ccccc65)cc4)c4nsnc43)c3nsnc23)cc1. The molecule has 56 heavy (non-hydrogen) atoms. The zero-order chi connectivity index (χ0) is 36.7. The number of hydrogen-bond donors (Lipinski definition) is 0. The van der Waals surface area contributed by atoms with Gasteiger partial charge in [0.2, 0.25) is 0 Å². The normalized spacial score (nSPS) is 12.9. The first-order chi connectivity index (χ1) is 27.8. The Bertz CT molecular complexity index is 2870. The van der Waals surface area contributed by atoms with Crippen molar-refractivity contribution in [1.82, 2.24) is 17.5 Å².